The van der Waals surface area contributed by atoms with Crippen LogP contribution >= 0.6 is 0 Å². The van der Waals surface area contributed by atoms with Gasteiger partial charge >= 0.3 is 0 Å². The molecule has 7 nitrogen and oxygen atoms in total. The van der Waals surface area contributed by atoms with E-state index >= 15 is 0 Å². The van der Waals surface area contributed by atoms with Gasteiger partial charge in [0.1, 0.15) is 5.75 Å². The molecule has 2 rings (SSSR count). The molecular weight excluding hydrogens is 375 g/mol. The van der Waals surface area contributed by atoms with Crippen LogP contribution in [0.3, 0.4) is 0 Å². The minimum Gasteiger partial charge on any atom is -0.495 e. The number of methoxy groups -OCH3 is 2. The van der Waals surface area contributed by atoms with Crippen LogP contribution in [-0.2, 0) is 21.2 Å². The van der Waals surface area contributed by atoms with Gasteiger partial charge in [-0.3, -0.25) is 4.79 Å². The quantitative estimate of drug-likeness (QED) is 0.776. The van der Waals surface area contributed by atoms with Crippen LogP contribution < -0.4 is 14.8 Å². The number of amides is 1. The average molecular weight is 396 g/mol. The molecule has 1 amide bonds. The SMILES string of the molecule is COc1ccc(CC(=O)Nc2cc(S(=O)(=O)N(C)C)ccc2OC)cc1F. The van der Waals surface area contributed by atoms with E-state index in [-0.39, 0.29) is 22.8 Å². The van der Waals surface area contributed by atoms with Gasteiger partial charge < -0.3 is 14.8 Å². The van der Waals surface area contributed by atoms with Crippen LogP contribution in [0.25, 0.3) is 0 Å². The average Bonchev–Trinajstić information content (AvgIpc) is 2.61. The van der Waals surface area contributed by atoms with Crippen molar-refractivity contribution >= 4 is 21.6 Å². The van der Waals surface area contributed by atoms with Crippen molar-refractivity contribution in [2.24, 2.45) is 0 Å². The Morgan fingerprint density at radius 1 is 1.07 bits per heavy atom. The van der Waals surface area contributed by atoms with Gasteiger partial charge in [0.15, 0.2) is 11.6 Å². The van der Waals surface area contributed by atoms with E-state index in [1.165, 1.54) is 58.6 Å². The van der Waals surface area contributed by atoms with E-state index in [4.69, 9.17) is 9.47 Å². The van der Waals surface area contributed by atoms with Gasteiger partial charge in [-0.2, -0.15) is 0 Å². The van der Waals surface area contributed by atoms with Gasteiger partial charge in [-0.25, -0.2) is 17.1 Å². The van der Waals surface area contributed by atoms with Gasteiger partial charge in [0.05, 0.1) is 31.2 Å². The molecule has 146 valence electrons. The highest BCUT2D eigenvalue weighted by atomic mass is 32.2. The van der Waals surface area contributed by atoms with Gasteiger partial charge in [-0.05, 0) is 35.9 Å². The smallest absolute Gasteiger partial charge is 0.242 e. The summed E-state index contributed by atoms with van der Waals surface area (Å²) >= 11 is 0. The molecule has 27 heavy (non-hydrogen) atoms. The number of anilines is 1. The second-order valence-electron chi connectivity index (χ2n) is 5.84. The van der Waals surface area contributed by atoms with Crippen LogP contribution in [0.4, 0.5) is 10.1 Å². The largest absolute Gasteiger partial charge is 0.495 e. The fourth-order valence-corrected chi connectivity index (χ4v) is 3.28. The topological polar surface area (TPSA) is 84.9 Å². The van der Waals surface area contributed by atoms with Crippen molar-refractivity contribution in [3.8, 4) is 11.5 Å². The zero-order chi connectivity index (χ0) is 20.2. The molecule has 2 aromatic rings. The van der Waals surface area contributed by atoms with Gasteiger partial charge in [0.2, 0.25) is 15.9 Å². The molecule has 2 aromatic carbocycles. The van der Waals surface area contributed by atoms with Gasteiger partial charge in [-0.15, -0.1) is 0 Å². The summed E-state index contributed by atoms with van der Waals surface area (Å²) in [6.45, 7) is 0. The molecule has 0 aliphatic heterocycles. The predicted molar refractivity (Wildman–Crippen MR) is 99.2 cm³/mol. The Morgan fingerprint density at radius 2 is 1.70 bits per heavy atom. The number of carbonyl (C=O) groups is 1. The maximum absolute atomic E-state index is 13.8. The molecule has 0 saturated heterocycles. The summed E-state index contributed by atoms with van der Waals surface area (Å²) in [5.74, 6) is -0.624. The first kappa shape index (κ1) is 20.7. The van der Waals surface area contributed by atoms with Crippen LogP contribution in [0, 0.1) is 5.82 Å². The highest BCUT2D eigenvalue weighted by molar-refractivity contribution is 7.89. The van der Waals surface area contributed by atoms with Gasteiger partial charge in [-0.1, -0.05) is 6.07 Å². The first-order chi connectivity index (χ1) is 12.7. The fraction of sp³-hybridized carbons (Fsp3) is 0.278. The predicted octanol–water partition coefficient (Wildman–Crippen LogP) is 2.27. The Kier molecular flexibility index (Phi) is 6.40. The molecule has 0 bridgehead atoms. The fourth-order valence-electron chi connectivity index (χ4n) is 2.36. The number of halogens is 1. The van der Waals surface area contributed by atoms with Crippen LogP contribution in [0.1, 0.15) is 5.56 Å². The van der Waals surface area contributed by atoms with Crippen molar-refractivity contribution in [3.63, 3.8) is 0 Å². The molecule has 0 atom stereocenters. The lowest BCUT2D eigenvalue weighted by Gasteiger charge is -2.15. The second kappa shape index (κ2) is 8.36. The Labute approximate surface area is 157 Å². The summed E-state index contributed by atoms with van der Waals surface area (Å²) in [5.41, 5.74) is 0.654. The zero-order valence-corrected chi connectivity index (χ0v) is 16.3. The standard InChI is InChI=1S/C18H21FN2O5S/c1-21(2)27(23,24)13-6-8-17(26-4)15(11-13)20-18(22)10-12-5-7-16(25-3)14(19)9-12/h5-9,11H,10H2,1-4H3,(H,20,22). The van der Waals surface area contributed by atoms with E-state index in [1.54, 1.807) is 6.07 Å². The lowest BCUT2D eigenvalue weighted by molar-refractivity contribution is -0.115. The summed E-state index contributed by atoms with van der Waals surface area (Å²) < 4.78 is 49.4. The van der Waals surface area contributed by atoms with Crippen LogP contribution in [-0.4, -0.2) is 46.9 Å². The second-order valence-corrected chi connectivity index (χ2v) is 8.00. The number of hydrogen-bond donors (Lipinski definition) is 1. The molecule has 0 fully saturated rings. The first-order valence-electron chi connectivity index (χ1n) is 7.92. The molecule has 9 heteroatoms. The Balaban J connectivity index is 2.25. The maximum Gasteiger partial charge on any atom is 0.242 e. The number of sulfonamides is 1. The minimum atomic E-state index is -3.67. The van der Waals surface area contributed by atoms with Crippen molar-refractivity contribution in [1.82, 2.24) is 4.31 Å². The number of nitrogens with zero attached hydrogens (tertiary/aromatic N) is 1. The molecule has 0 heterocycles. The monoisotopic (exact) mass is 396 g/mol. The third-order valence-electron chi connectivity index (χ3n) is 3.80. The molecule has 0 spiro atoms. The van der Waals surface area contributed by atoms with E-state index in [9.17, 15) is 17.6 Å². The normalized spacial score (nSPS) is 11.3. The van der Waals surface area contributed by atoms with Crippen molar-refractivity contribution in [2.75, 3.05) is 33.6 Å². The summed E-state index contributed by atoms with van der Waals surface area (Å²) in [6, 6.07) is 8.39. The molecule has 0 radical (unpaired) electrons. The van der Waals surface area contributed by atoms with Crippen LogP contribution in [0.15, 0.2) is 41.3 Å². The number of ether oxygens (including phenoxy) is 2. The van der Waals surface area contributed by atoms with E-state index in [2.05, 4.69) is 5.32 Å². The lowest BCUT2D eigenvalue weighted by atomic mass is 10.1. The summed E-state index contributed by atoms with van der Waals surface area (Å²) in [6.07, 6.45) is -0.102. The molecule has 0 saturated carbocycles. The molecule has 1 N–H and O–H groups in total. The molecule has 0 aromatic heterocycles. The number of carbonyl (C=O) groups excluding carboxylic acids is 1. The molecule has 0 unspecified atom stereocenters. The van der Waals surface area contributed by atoms with E-state index in [0.29, 0.717) is 11.3 Å². The van der Waals surface area contributed by atoms with Gasteiger partial charge in [0.25, 0.3) is 0 Å². The number of nitrogens with one attached hydrogen (secondary N) is 1. The first-order valence-corrected chi connectivity index (χ1v) is 9.36. The van der Waals surface area contributed by atoms with Gasteiger partial charge in [0, 0.05) is 14.1 Å². The highest BCUT2D eigenvalue weighted by Crippen LogP contribution is 2.28. The summed E-state index contributed by atoms with van der Waals surface area (Å²) in [5, 5.41) is 2.61. The Morgan fingerprint density at radius 3 is 2.26 bits per heavy atom. The van der Waals surface area contributed by atoms with Crippen molar-refractivity contribution < 1.29 is 27.1 Å². The van der Waals surface area contributed by atoms with Crippen LogP contribution in [0.5, 0.6) is 11.5 Å². The maximum atomic E-state index is 13.8. The Hall–Kier alpha value is -2.65. The van der Waals surface area contributed by atoms with Crippen molar-refractivity contribution in [1.29, 1.82) is 0 Å². The molecule has 0 aliphatic rings. The number of benzene rings is 2. The van der Waals surface area contributed by atoms with E-state index < -0.39 is 21.7 Å². The van der Waals surface area contributed by atoms with Crippen LogP contribution in [0.2, 0.25) is 0 Å². The van der Waals surface area contributed by atoms with E-state index in [1.807, 2.05) is 0 Å². The van der Waals surface area contributed by atoms with E-state index in [0.717, 1.165) is 4.31 Å². The molecular formula is C18H21FN2O5S. The number of hydrogen-bond acceptors (Lipinski definition) is 5. The Bertz CT molecular complexity index is 945. The highest BCUT2D eigenvalue weighted by Gasteiger charge is 2.20. The number of rotatable bonds is 7. The van der Waals surface area contributed by atoms with Crippen molar-refractivity contribution in [3.05, 3.63) is 47.8 Å². The minimum absolute atomic E-state index is 0.0130. The van der Waals surface area contributed by atoms with Crippen molar-refractivity contribution in [2.45, 2.75) is 11.3 Å². The third kappa shape index (κ3) is 4.75. The molecule has 0 aliphatic carbocycles. The summed E-state index contributed by atoms with van der Waals surface area (Å²) in [7, 11) is 1.92. The zero-order valence-electron chi connectivity index (χ0n) is 15.4. The summed E-state index contributed by atoms with van der Waals surface area (Å²) in [4.78, 5) is 12.3. The lowest BCUT2D eigenvalue weighted by Crippen LogP contribution is -2.22. The third-order valence-corrected chi connectivity index (χ3v) is 5.62.